The molecule has 3 amide bonds. The quantitative estimate of drug-likeness (QED) is 0.497. The largest absolute Gasteiger partial charge is 0.323 e. The first kappa shape index (κ1) is 23.4. The summed E-state index contributed by atoms with van der Waals surface area (Å²) in [6.45, 7) is 6.40. The van der Waals surface area contributed by atoms with Crippen LogP contribution in [0.3, 0.4) is 0 Å². The molecule has 1 N–H and O–H groups in total. The van der Waals surface area contributed by atoms with Gasteiger partial charge in [-0.1, -0.05) is 29.8 Å². The standard InChI is InChI=1S/C27H25F2N3O2S/c1-16-4-9-24-21(12-16)27(25(33)31(24)15-19-6-8-22(28)23(29)14-19)32(10-11-35-27)26(34)30-20-7-5-17(2)18(3)13-20/h4-9,12-14H,10-11,15H2,1-3H3,(H,30,34)/t27-/m1/s1. The van der Waals surface area contributed by atoms with Crippen molar-refractivity contribution < 1.29 is 18.4 Å². The number of amides is 3. The smallest absolute Gasteiger partial charge is 0.308 e. The molecular formula is C27H25F2N3O2S. The molecule has 0 saturated carbocycles. The molecule has 1 spiro atoms. The molecule has 8 heteroatoms. The molecule has 0 aliphatic carbocycles. The lowest BCUT2D eigenvalue weighted by atomic mass is 10.0. The van der Waals surface area contributed by atoms with Crippen molar-refractivity contribution in [1.29, 1.82) is 0 Å². The summed E-state index contributed by atoms with van der Waals surface area (Å²) in [6.07, 6.45) is 0. The van der Waals surface area contributed by atoms with Crippen LogP contribution in [0.2, 0.25) is 0 Å². The van der Waals surface area contributed by atoms with Gasteiger partial charge in [0.25, 0.3) is 5.91 Å². The zero-order valence-electron chi connectivity index (χ0n) is 19.7. The van der Waals surface area contributed by atoms with E-state index in [2.05, 4.69) is 5.32 Å². The van der Waals surface area contributed by atoms with Gasteiger partial charge in [-0.25, -0.2) is 13.6 Å². The van der Waals surface area contributed by atoms with E-state index in [-0.39, 0.29) is 18.5 Å². The molecule has 0 bridgehead atoms. The second-order valence-electron chi connectivity index (χ2n) is 9.03. The fourth-order valence-corrected chi connectivity index (χ4v) is 6.17. The number of hydrogen-bond donors (Lipinski definition) is 1. The van der Waals surface area contributed by atoms with Gasteiger partial charge in [0.1, 0.15) is 0 Å². The Balaban J connectivity index is 1.52. The van der Waals surface area contributed by atoms with Crippen molar-refractivity contribution >= 4 is 35.1 Å². The third-order valence-electron chi connectivity index (χ3n) is 6.68. The average molecular weight is 494 g/mol. The molecule has 1 fully saturated rings. The Morgan fingerprint density at radius 3 is 2.54 bits per heavy atom. The van der Waals surface area contributed by atoms with Crippen LogP contribution in [0.4, 0.5) is 25.0 Å². The van der Waals surface area contributed by atoms with Crippen LogP contribution in [0, 0.1) is 32.4 Å². The number of anilines is 2. The van der Waals surface area contributed by atoms with E-state index in [9.17, 15) is 18.4 Å². The molecule has 0 aromatic heterocycles. The lowest BCUT2D eigenvalue weighted by molar-refractivity contribution is -0.123. The molecule has 2 heterocycles. The van der Waals surface area contributed by atoms with Gasteiger partial charge in [-0.15, -0.1) is 11.8 Å². The number of nitrogens with zero attached hydrogens (tertiary/aromatic N) is 2. The van der Waals surface area contributed by atoms with E-state index in [1.807, 2.05) is 57.2 Å². The number of rotatable bonds is 3. The number of halogens is 2. The number of urea groups is 1. The van der Waals surface area contributed by atoms with E-state index in [1.54, 1.807) is 9.80 Å². The highest BCUT2D eigenvalue weighted by molar-refractivity contribution is 8.01. The normalized spacial score (nSPS) is 18.9. The van der Waals surface area contributed by atoms with Crippen LogP contribution in [-0.2, 0) is 16.2 Å². The third-order valence-corrected chi connectivity index (χ3v) is 8.10. The average Bonchev–Trinajstić information content (AvgIpc) is 3.36. The van der Waals surface area contributed by atoms with Crippen molar-refractivity contribution in [1.82, 2.24) is 4.90 Å². The van der Waals surface area contributed by atoms with Crippen molar-refractivity contribution in [2.24, 2.45) is 0 Å². The van der Waals surface area contributed by atoms with Crippen LogP contribution in [0.5, 0.6) is 0 Å². The van der Waals surface area contributed by atoms with E-state index in [0.29, 0.717) is 29.2 Å². The highest BCUT2D eigenvalue weighted by Crippen LogP contribution is 2.54. The summed E-state index contributed by atoms with van der Waals surface area (Å²) >= 11 is 1.42. The van der Waals surface area contributed by atoms with Gasteiger partial charge in [0.05, 0.1) is 12.2 Å². The Labute approximate surface area is 207 Å². The van der Waals surface area contributed by atoms with Crippen molar-refractivity contribution in [2.45, 2.75) is 32.2 Å². The number of benzene rings is 3. The third kappa shape index (κ3) is 3.86. The molecule has 5 nitrogen and oxygen atoms in total. The zero-order valence-corrected chi connectivity index (χ0v) is 20.5. The van der Waals surface area contributed by atoms with E-state index in [4.69, 9.17) is 0 Å². The monoisotopic (exact) mass is 493 g/mol. The first-order valence-corrected chi connectivity index (χ1v) is 12.4. The minimum Gasteiger partial charge on any atom is -0.308 e. The van der Waals surface area contributed by atoms with E-state index >= 15 is 0 Å². The topological polar surface area (TPSA) is 52.7 Å². The maximum atomic E-state index is 14.0. The predicted octanol–water partition coefficient (Wildman–Crippen LogP) is 5.87. The molecule has 5 rings (SSSR count). The number of carbonyl (C=O) groups is 2. The predicted molar refractivity (Wildman–Crippen MR) is 135 cm³/mol. The summed E-state index contributed by atoms with van der Waals surface area (Å²) in [6, 6.07) is 14.7. The lowest BCUT2D eigenvalue weighted by Gasteiger charge is -2.33. The highest BCUT2D eigenvalue weighted by atomic mass is 32.2. The van der Waals surface area contributed by atoms with Crippen molar-refractivity contribution in [3.05, 3.63) is 94.0 Å². The van der Waals surface area contributed by atoms with Crippen molar-refractivity contribution in [2.75, 3.05) is 22.5 Å². The van der Waals surface area contributed by atoms with Crippen LogP contribution in [0.25, 0.3) is 0 Å². The van der Waals surface area contributed by atoms with Gasteiger partial charge in [-0.05, 0) is 67.8 Å². The van der Waals surface area contributed by atoms with Crippen LogP contribution in [0.1, 0.15) is 27.8 Å². The zero-order chi connectivity index (χ0) is 24.9. The molecule has 1 saturated heterocycles. The number of thioether (sulfide) groups is 1. The Bertz CT molecular complexity index is 1360. The van der Waals surface area contributed by atoms with Gasteiger partial charge in [0.2, 0.25) is 0 Å². The number of hydrogen-bond acceptors (Lipinski definition) is 3. The first-order valence-electron chi connectivity index (χ1n) is 11.4. The summed E-state index contributed by atoms with van der Waals surface area (Å²) in [4.78, 5) is 29.5. The second-order valence-corrected chi connectivity index (χ2v) is 10.3. The maximum Gasteiger partial charge on any atom is 0.323 e. The molecule has 0 unspecified atom stereocenters. The molecule has 1 atom stereocenters. The van der Waals surface area contributed by atoms with Crippen LogP contribution in [0.15, 0.2) is 54.6 Å². The molecule has 180 valence electrons. The molecule has 0 radical (unpaired) electrons. The van der Waals surface area contributed by atoms with Crippen molar-refractivity contribution in [3.63, 3.8) is 0 Å². The maximum absolute atomic E-state index is 14.0. The fourth-order valence-electron chi connectivity index (χ4n) is 4.72. The Hall–Kier alpha value is -3.39. The molecule has 35 heavy (non-hydrogen) atoms. The van der Waals surface area contributed by atoms with Crippen LogP contribution in [-0.4, -0.2) is 29.1 Å². The lowest BCUT2D eigenvalue weighted by Crippen LogP contribution is -2.51. The van der Waals surface area contributed by atoms with Gasteiger partial charge in [-0.3, -0.25) is 9.69 Å². The molecule has 3 aromatic carbocycles. The summed E-state index contributed by atoms with van der Waals surface area (Å²) in [5, 5.41) is 2.96. The van der Waals surface area contributed by atoms with Crippen molar-refractivity contribution in [3.8, 4) is 0 Å². The molecule has 2 aliphatic rings. The molecule has 2 aliphatic heterocycles. The Morgan fingerprint density at radius 1 is 1.00 bits per heavy atom. The van der Waals surface area contributed by atoms with Gasteiger partial charge in [0, 0.05) is 23.5 Å². The minimum absolute atomic E-state index is 0.0705. The van der Waals surface area contributed by atoms with E-state index in [1.165, 1.54) is 17.8 Å². The second kappa shape index (κ2) is 8.68. The SMILES string of the molecule is Cc1ccc2c(c1)[C@@]1(SCCN1C(=O)Nc1ccc(C)c(C)c1)C(=O)N2Cc1ccc(F)c(F)c1. The van der Waals surface area contributed by atoms with E-state index < -0.39 is 16.5 Å². The van der Waals surface area contributed by atoms with Gasteiger partial charge >= 0.3 is 6.03 Å². The van der Waals surface area contributed by atoms with Gasteiger partial charge < -0.3 is 10.2 Å². The van der Waals surface area contributed by atoms with Gasteiger partial charge in [-0.2, -0.15) is 0 Å². The summed E-state index contributed by atoms with van der Waals surface area (Å²) in [5.74, 6) is -1.56. The Kier molecular flexibility index (Phi) is 5.79. The summed E-state index contributed by atoms with van der Waals surface area (Å²) in [7, 11) is 0. The van der Waals surface area contributed by atoms with Gasteiger partial charge in [0.15, 0.2) is 16.5 Å². The summed E-state index contributed by atoms with van der Waals surface area (Å²) in [5.41, 5.74) is 5.69. The minimum atomic E-state index is -1.22. The number of fused-ring (bicyclic) bond motifs is 2. The van der Waals surface area contributed by atoms with E-state index in [0.717, 1.165) is 34.4 Å². The van der Waals surface area contributed by atoms with Crippen LogP contribution < -0.4 is 10.2 Å². The molecular weight excluding hydrogens is 468 g/mol. The van der Waals surface area contributed by atoms with Crippen LogP contribution >= 0.6 is 11.8 Å². The number of aryl methyl sites for hydroxylation is 3. The highest BCUT2D eigenvalue weighted by Gasteiger charge is 2.59. The summed E-state index contributed by atoms with van der Waals surface area (Å²) < 4.78 is 27.3. The number of nitrogens with one attached hydrogen (secondary N) is 1. The fraction of sp³-hybridized carbons (Fsp3) is 0.259. The first-order chi connectivity index (χ1) is 16.7. The Morgan fingerprint density at radius 2 is 1.80 bits per heavy atom. The molecule has 3 aromatic rings. The number of carbonyl (C=O) groups excluding carboxylic acids is 2.